The smallest absolute Gasteiger partial charge is 0.233 e. The predicted molar refractivity (Wildman–Crippen MR) is 72.4 cm³/mol. The van der Waals surface area contributed by atoms with E-state index in [9.17, 15) is 9.18 Å². The number of piperidine rings is 1. The fourth-order valence-electron chi connectivity index (χ4n) is 3.32. The number of halogens is 1. The van der Waals surface area contributed by atoms with Crippen LogP contribution in [0.1, 0.15) is 44.1 Å². The van der Waals surface area contributed by atoms with Gasteiger partial charge in [0.05, 0.1) is 5.41 Å². The van der Waals surface area contributed by atoms with Crippen LogP contribution in [0.5, 0.6) is 0 Å². The second kappa shape index (κ2) is 4.95. The first-order chi connectivity index (χ1) is 9.22. The van der Waals surface area contributed by atoms with Gasteiger partial charge in [0.15, 0.2) is 0 Å². The van der Waals surface area contributed by atoms with Crippen LogP contribution in [0.2, 0.25) is 0 Å². The molecule has 2 aliphatic rings. The summed E-state index contributed by atoms with van der Waals surface area (Å²) in [5, 5.41) is 0. The van der Waals surface area contributed by atoms with Crippen LogP contribution in [-0.2, 0) is 10.2 Å². The Labute approximate surface area is 113 Å². The number of hydrogen-bond acceptors (Lipinski definition) is 1. The van der Waals surface area contributed by atoms with Crippen molar-refractivity contribution < 1.29 is 9.18 Å². The highest BCUT2D eigenvalue weighted by Gasteiger charge is 2.47. The maximum Gasteiger partial charge on any atom is 0.233 e. The van der Waals surface area contributed by atoms with Crippen LogP contribution in [-0.4, -0.2) is 23.9 Å². The van der Waals surface area contributed by atoms with Crippen LogP contribution in [0.15, 0.2) is 24.3 Å². The molecule has 1 amide bonds. The molecule has 1 aromatic rings. The summed E-state index contributed by atoms with van der Waals surface area (Å²) in [7, 11) is 0. The van der Waals surface area contributed by atoms with Gasteiger partial charge in [-0.3, -0.25) is 4.79 Å². The lowest BCUT2D eigenvalue weighted by Crippen LogP contribution is -2.52. The topological polar surface area (TPSA) is 20.3 Å². The van der Waals surface area contributed by atoms with Gasteiger partial charge in [-0.2, -0.15) is 0 Å². The molecule has 1 aliphatic heterocycles. The lowest BCUT2D eigenvalue weighted by atomic mass is 9.63. The molecule has 3 heteroatoms. The van der Waals surface area contributed by atoms with Crippen LogP contribution in [0.25, 0.3) is 0 Å². The minimum absolute atomic E-state index is 0.233. The van der Waals surface area contributed by atoms with E-state index in [1.54, 1.807) is 12.1 Å². The van der Waals surface area contributed by atoms with Crippen molar-refractivity contribution in [3.05, 3.63) is 35.6 Å². The molecule has 0 N–H and O–H groups in total. The summed E-state index contributed by atoms with van der Waals surface area (Å²) in [6.07, 6.45) is 6.38. The van der Waals surface area contributed by atoms with Gasteiger partial charge in [-0.1, -0.05) is 18.6 Å². The average molecular weight is 261 g/mol. The van der Waals surface area contributed by atoms with Crippen molar-refractivity contribution in [2.75, 3.05) is 13.1 Å². The van der Waals surface area contributed by atoms with E-state index in [0.29, 0.717) is 0 Å². The molecule has 2 nitrogen and oxygen atoms in total. The molecule has 3 rings (SSSR count). The van der Waals surface area contributed by atoms with E-state index in [0.717, 1.165) is 50.8 Å². The first kappa shape index (κ1) is 12.6. The highest BCUT2D eigenvalue weighted by Crippen LogP contribution is 2.45. The Balaban J connectivity index is 1.85. The summed E-state index contributed by atoms with van der Waals surface area (Å²) in [4.78, 5) is 14.8. The molecule has 19 heavy (non-hydrogen) atoms. The Bertz CT molecular complexity index is 458. The molecule has 0 radical (unpaired) electrons. The van der Waals surface area contributed by atoms with Gasteiger partial charge in [-0.25, -0.2) is 4.39 Å². The van der Waals surface area contributed by atoms with Gasteiger partial charge in [0, 0.05) is 13.1 Å². The number of hydrogen-bond donors (Lipinski definition) is 0. The minimum Gasteiger partial charge on any atom is -0.342 e. The van der Waals surface area contributed by atoms with Gasteiger partial charge in [0.2, 0.25) is 5.91 Å². The lowest BCUT2D eigenvalue weighted by molar-refractivity contribution is -0.141. The Hall–Kier alpha value is -1.38. The van der Waals surface area contributed by atoms with E-state index in [4.69, 9.17) is 0 Å². The largest absolute Gasteiger partial charge is 0.342 e. The molecule has 1 saturated heterocycles. The third kappa shape index (κ3) is 2.15. The highest BCUT2D eigenvalue weighted by atomic mass is 19.1. The molecule has 0 spiro atoms. The van der Waals surface area contributed by atoms with Crippen molar-refractivity contribution in [3.8, 4) is 0 Å². The molecule has 0 bridgehead atoms. The maximum atomic E-state index is 13.1. The summed E-state index contributed by atoms with van der Waals surface area (Å²) in [5.74, 6) is 0.0358. The summed E-state index contributed by atoms with van der Waals surface area (Å²) in [6, 6.07) is 6.52. The van der Waals surface area contributed by atoms with Crippen LogP contribution in [0.4, 0.5) is 4.39 Å². The second-order valence-corrected chi connectivity index (χ2v) is 5.80. The van der Waals surface area contributed by atoms with E-state index >= 15 is 0 Å². The number of amides is 1. The normalized spacial score (nSPS) is 21.8. The van der Waals surface area contributed by atoms with E-state index < -0.39 is 0 Å². The maximum absolute atomic E-state index is 13.1. The average Bonchev–Trinajstić information content (AvgIpc) is 2.40. The van der Waals surface area contributed by atoms with E-state index in [2.05, 4.69) is 0 Å². The monoisotopic (exact) mass is 261 g/mol. The van der Waals surface area contributed by atoms with Gasteiger partial charge in [0.1, 0.15) is 5.82 Å². The first-order valence-corrected chi connectivity index (χ1v) is 7.28. The fraction of sp³-hybridized carbons (Fsp3) is 0.562. The highest BCUT2D eigenvalue weighted by molar-refractivity contribution is 5.89. The number of likely N-dealkylation sites (tertiary alicyclic amines) is 1. The molecule has 1 saturated carbocycles. The summed E-state index contributed by atoms with van der Waals surface area (Å²) in [6.45, 7) is 1.78. The minimum atomic E-state index is -0.356. The quantitative estimate of drug-likeness (QED) is 0.800. The molecular weight excluding hydrogens is 241 g/mol. The second-order valence-electron chi connectivity index (χ2n) is 5.80. The number of benzene rings is 1. The van der Waals surface area contributed by atoms with Crippen LogP contribution >= 0.6 is 0 Å². The number of nitrogens with zero attached hydrogens (tertiary/aromatic N) is 1. The molecule has 0 atom stereocenters. The van der Waals surface area contributed by atoms with Crippen LogP contribution in [0.3, 0.4) is 0 Å². The molecule has 0 unspecified atom stereocenters. The zero-order valence-electron chi connectivity index (χ0n) is 11.2. The van der Waals surface area contributed by atoms with Gasteiger partial charge in [-0.15, -0.1) is 0 Å². The van der Waals surface area contributed by atoms with E-state index in [1.807, 2.05) is 4.90 Å². The van der Waals surface area contributed by atoms with Crippen molar-refractivity contribution in [2.24, 2.45) is 0 Å². The van der Waals surface area contributed by atoms with Crippen molar-refractivity contribution in [1.29, 1.82) is 0 Å². The summed E-state index contributed by atoms with van der Waals surface area (Å²) >= 11 is 0. The molecule has 1 aromatic carbocycles. The Morgan fingerprint density at radius 1 is 1.00 bits per heavy atom. The molecule has 102 valence electrons. The van der Waals surface area contributed by atoms with Crippen LogP contribution in [0, 0.1) is 5.82 Å². The molecule has 0 aromatic heterocycles. The third-order valence-electron chi connectivity index (χ3n) is 4.66. The Morgan fingerprint density at radius 2 is 1.63 bits per heavy atom. The van der Waals surface area contributed by atoms with Gasteiger partial charge < -0.3 is 4.90 Å². The van der Waals surface area contributed by atoms with Crippen LogP contribution < -0.4 is 0 Å². The Kier molecular flexibility index (Phi) is 3.29. The first-order valence-electron chi connectivity index (χ1n) is 7.28. The van der Waals surface area contributed by atoms with E-state index in [-0.39, 0.29) is 17.1 Å². The molecule has 2 fully saturated rings. The summed E-state index contributed by atoms with van der Waals surface area (Å²) in [5.41, 5.74) is 0.640. The lowest BCUT2D eigenvalue weighted by Gasteiger charge is -2.45. The molecule has 1 aliphatic carbocycles. The zero-order valence-corrected chi connectivity index (χ0v) is 11.2. The predicted octanol–water partition coefficient (Wildman–Crippen LogP) is 3.26. The van der Waals surface area contributed by atoms with Crippen molar-refractivity contribution >= 4 is 5.91 Å². The standard InChI is InChI=1S/C16H20FNO/c17-14-7-5-13(6-8-14)16(9-4-10-16)15(19)18-11-2-1-3-12-18/h5-8H,1-4,9-12H2. The SMILES string of the molecule is O=C(N1CCCCC1)C1(c2ccc(F)cc2)CCC1. The van der Waals surface area contributed by atoms with Gasteiger partial charge in [0.25, 0.3) is 0 Å². The van der Waals surface area contributed by atoms with Gasteiger partial charge >= 0.3 is 0 Å². The molecule has 1 heterocycles. The number of carbonyl (C=O) groups excluding carboxylic acids is 1. The molecular formula is C16H20FNO. The number of carbonyl (C=O) groups is 1. The van der Waals surface area contributed by atoms with Crippen molar-refractivity contribution in [1.82, 2.24) is 4.90 Å². The summed E-state index contributed by atoms with van der Waals surface area (Å²) < 4.78 is 13.1. The van der Waals surface area contributed by atoms with E-state index in [1.165, 1.54) is 18.6 Å². The zero-order chi connectivity index (χ0) is 13.3. The van der Waals surface area contributed by atoms with Crippen molar-refractivity contribution in [2.45, 2.75) is 43.9 Å². The van der Waals surface area contributed by atoms with Crippen molar-refractivity contribution in [3.63, 3.8) is 0 Å². The number of rotatable bonds is 2. The van der Waals surface area contributed by atoms with Gasteiger partial charge in [-0.05, 0) is 49.8 Å². The Morgan fingerprint density at radius 3 is 2.16 bits per heavy atom. The third-order valence-corrected chi connectivity index (χ3v) is 4.66. The fourth-order valence-corrected chi connectivity index (χ4v) is 3.32.